The van der Waals surface area contributed by atoms with Crippen LogP contribution in [0.4, 0.5) is 8.78 Å². The highest BCUT2D eigenvalue weighted by molar-refractivity contribution is 7.23. The van der Waals surface area contributed by atoms with Crippen LogP contribution in [0, 0.1) is 11.6 Å². The topological polar surface area (TPSA) is 18.5 Å². The van der Waals surface area contributed by atoms with Crippen molar-refractivity contribution < 1.29 is 18.3 Å². The summed E-state index contributed by atoms with van der Waals surface area (Å²) in [5, 5.41) is 3.70. The van der Waals surface area contributed by atoms with Gasteiger partial charge in [0.25, 0.3) is 0 Å². The van der Waals surface area contributed by atoms with Crippen LogP contribution >= 0.6 is 22.7 Å². The lowest BCUT2D eigenvalue weighted by Gasteiger charge is -2.24. The number of ether oxygens (including phenoxy) is 2. The summed E-state index contributed by atoms with van der Waals surface area (Å²) in [7, 11) is 0. The van der Waals surface area contributed by atoms with Gasteiger partial charge < -0.3 is 9.47 Å². The van der Waals surface area contributed by atoms with E-state index in [1.807, 2.05) is 30.3 Å². The Labute approximate surface area is 187 Å². The van der Waals surface area contributed by atoms with Crippen molar-refractivity contribution in [1.82, 2.24) is 0 Å². The van der Waals surface area contributed by atoms with Crippen molar-refractivity contribution in [3.8, 4) is 43.9 Å². The fraction of sp³-hybridized carbons (Fsp3) is 0. The predicted molar refractivity (Wildman–Crippen MR) is 126 cm³/mol. The molecule has 4 aromatic carbocycles. The molecule has 0 amide bonds. The van der Waals surface area contributed by atoms with E-state index in [0.29, 0.717) is 16.4 Å². The molecule has 4 heterocycles. The first kappa shape index (κ1) is 17.1. The van der Waals surface area contributed by atoms with Crippen LogP contribution in [0.5, 0.6) is 22.3 Å². The highest BCUT2D eigenvalue weighted by Crippen LogP contribution is 2.60. The molecule has 0 atom stereocenters. The van der Waals surface area contributed by atoms with E-state index in [1.165, 1.54) is 12.1 Å². The molecule has 8 rings (SSSR count). The molecule has 6 aromatic rings. The first-order valence-electron chi connectivity index (χ1n) is 10.1. The van der Waals surface area contributed by atoms with Crippen molar-refractivity contribution in [1.29, 1.82) is 0 Å². The number of benzene rings is 4. The third-order valence-electron chi connectivity index (χ3n) is 6.27. The molecule has 0 N–H and O–H groups in total. The van der Waals surface area contributed by atoms with Gasteiger partial charge in [0.1, 0.15) is 23.1 Å². The second-order valence-electron chi connectivity index (χ2n) is 7.93. The zero-order valence-corrected chi connectivity index (χ0v) is 17.8. The fourth-order valence-corrected chi connectivity index (χ4v) is 7.20. The van der Waals surface area contributed by atoms with Gasteiger partial charge in [-0.15, -0.1) is 11.3 Å². The number of hydrogen-bond donors (Lipinski definition) is 0. The van der Waals surface area contributed by atoms with E-state index in [1.54, 1.807) is 11.3 Å². The van der Waals surface area contributed by atoms with Gasteiger partial charge in [-0.1, -0.05) is 23.5 Å². The summed E-state index contributed by atoms with van der Waals surface area (Å²) in [6.07, 6.45) is 0. The van der Waals surface area contributed by atoms with Crippen molar-refractivity contribution in [3.63, 3.8) is 0 Å². The second kappa shape index (κ2) is 5.65. The molecule has 2 nitrogen and oxygen atoms in total. The van der Waals surface area contributed by atoms with Gasteiger partial charge in [0, 0.05) is 37.4 Å². The van der Waals surface area contributed by atoms with Crippen molar-refractivity contribution in [2.45, 2.75) is 0 Å². The third kappa shape index (κ3) is 1.93. The van der Waals surface area contributed by atoms with E-state index >= 15 is 0 Å². The highest BCUT2D eigenvalue weighted by atomic mass is 32.1. The van der Waals surface area contributed by atoms with Gasteiger partial charge in [-0.2, -0.15) is 0 Å². The molecule has 0 saturated heterocycles. The zero-order chi connectivity index (χ0) is 21.1. The zero-order valence-electron chi connectivity index (χ0n) is 16.2. The molecule has 32 heavy (non-hydrogen) atoms. The van der Waals surface area contributed by atoms with E-state index in [0.717, 1.165) is 59.7 Å². The van der Waals surface area contributed by atoms with Crippen molar-refractivity contribution in [2.75, 3.05) is 0 Å². The van der Waals surface area contributed by atoms with Gasteiger partial charge in [0.05, 0.1) is 9.58 Å². The summed E-state index contributed by atoms with van der Waals surface area (Å²) in [5.74, 6) is 1.40. The summed E-state index contributed by atoms with van der Waals surface area (Å²) in [6.45, 7) is 0. The molecule has 0 unspecified atom stereocenters. The van der Waals surface area contributed by atoms with E-state index in [9.17, 15) is 8.78 Å². The molecule has 0 saturated carbocycles. The Hall–Kier alpha value is -3.48. The monoisotopic (exact) mass is 456 g/mol. The summed E-state index contributed by atoms with van der Waals surface area (Å²) in [5.41, 5.74) is 2.52. The molecule has 6 heteroatoms. The van der Waals surface area contributed by atoms with Gasteiger partial charge in [0.2, 0.25) is 0 Å². The van der Waals surface area contributed by atoms with E-state index in [4.69, 9.17) is 9.47 Å². The van der Waals surface area contributed by atoms with Gasteiger partial charge in [-0.05, 0) is 54.1 Å². The Balaban J connectivity index is 1.52. The first-order valence-corrected chi connectivity index (χ1v) is 11.7. The smallest absolute Gasteiger partial charge is 0.190 e. The Bertz CT molecular complexity index is 1810. The van der Waals surface area contributed by atoms with Crippen LogP contribution in [0.3, 0.4) is 0 Å². The molecule has 2 aliphatic heterocycles. The van der Waals surface area contributed by atoms with Crippen molar-refractivity contribution in [3.05, 3.63) is 72.3 Å². The Morgan fingerprint density at radius 1 is 0.656 bits per heavy atom. The van der Waals surface area contributed by atoms with Crippen LogP contribution in [-0.2, 0) is 0 Å². The number of thiophene rings is 2. The predicted octanol–water partition coefficient (Wildman–Crippen LogP) is 9.09. The maximum absolute atomic E-state index is 14.9. The molecule has 152 valence electrons. The lowest BCUT2D eigenvalue weighted by Crippen LogP contribution is -2.00. The van der Waals surface area contributed by atoms with Gasteiger partial charge in [-0.25, -0.2) is 8.78 Å². The summed E-state index contributed by atoms with van der Waals surface area (Å²) in [4.78, 5) is 1.07. The Kier molecular flexibility index (Phi) is 3.02. The maximum Gasteiger partial charge on any atom is 0.190 e. The van der Waals surface area contributed by atoms with E-state index < -0.39 is 11.6 Å². The van der Waals surface area contributed by atoms with Crippen LogP contribution in [0.15, 0.2) is 60.7 Å². The standard InChI is InChI=1S/C26H10F2O2S2/c27-14-7-8-15(28)25-22(14)21-12-5-9-16-20-13(6-10-17(19(12)20)30-26(21)32-25)24-23(29-16)11-3-1-2-4-18(11)31-24/h1-10H. The molecule has 2 aliphatic rings. The SMILES string of the molecule is Fc1ccc(F)c2c3c(sc12)Oc1ccc2c4c(ccc-3c14)Oc1c-2sc2ccccc12. The largest absolute Gasteiger partial charge is 0.454 e. The minimum absolute atomic E-state index is 0.274. The fourth-order valence-electron chi connectivity index (χ4n) is 4.94. The molecule has 0 bridgehead atoms. The van der Waals surface area contributed by atoms with Crippen molar-refractivity contribution in [2.24, 2.45) is 0 Å². The Morgan fingerprint density at radius 2 is 1.41 bits per heavy atom. The van der Waals surface area contributed by atoms with E-state index in [-0.39, 0.29) is 10.1 Å². The summed E-state index contributed by atoms with van der Waals surface area (Å²) in [6, 6.07) is 18.4. The lowest BCUT2D eigenvalue weighted by atomic mass is 9.90. The van der Waals surface area contributed by atoms with E-state index in [2.05, 4.69) is 18.2 Å². The van der Waals surface area contributed by atoms with Gasteiger partial charge in [-0.3, -0.25) is 0 Å². The van der Waals surface area contributed by atoms with Crippen LogP contribution in [0.25, 0.3) is 52.5 Å². The molecule has 0 aliphatic carbocycles. The molecule has 0 spiro atoms. The second-order valence-corrected chi connectivity index (χ2v) is 9.97. The third-order valence-corrected chi connectivity index (χ3v) is 8.53. The maximum atomic E-state index is 14.9. The van der Waals surface area contributed by atoms with Crippen LogP contribution in [0.1, 0.15) is 0 Å². The number of halogens is 2. The quantitative estimate of drug-likeness (QED) is 0.227. The summed E-state index contributed by atoms with van der Waals surface area (Å²) >= 11 is 2.84. The van der Waals surface area contributed by atoms with Crippen molar-refractivity contribution >= 4 is 53.6 Å². The van der Waals surface area contributed by atoms with Crippen LogP contribution in [-0.4, -0.2) is 0 Å². The molecule has 0 radical (unpaired) electrons. The van der Waals surface area contributed by atoms with Crippen LogP contribution < -0.4 is 9.47 Å². The minimum atomic E-state index is -0.450. The lowest BCUT2D eigenvalue weighted by molar-refractivity contribution is 0.490. The Morgan fingerprint density at radius 3 is 2.31 bits per heavy atom. The average Bonchev–Trinajstić information content (AvgIpc) is 3.39. The van der Waals surface area contributed by atoms with Crippen LogP contribution in [0.2, 0.25) is 0 Å². The minimum Gasteiger partial charge on any atom is -0.454 e. The summed E-state index contributed by atoms with van der Waals surface area (Å²) < 4.78 is 43.4. The van der Waals surface area contributed by atoms with Gasteiger partial charge >= 0.3 is 0 Å². The number of hydrogen-bond acceptors (Lipinski definition) is 4. The number of fused-ring (bicyclic) bond motifs is 8. The average molecular weight is 456 g/mol. The molecular formula is C26H10F2O2S2. The highest BCUT2D eigenvalue weighted by Gasteiger charge is 2.32. The first-order chi connectivity index (χ1) is 15.7. The van der Waals surface area contributed by atoms with Gasteiger partial charge in [0.15, 0.2) is 10.8 Å². The normalized spacial score (nSPS) is 13.2. The number of rotatable bonds is 0. The molecular weight excluding hydrogens is 446 g/mol. The molecule has 0 fully saturated rings. The molecule has 2 aromatic heterocycles.